The van der Waals surface area contributed by atoms with E-state index in [0.29, 0.717) is 34.3 Å². The molecule has 9 heteroatoms. The second kappa shape index (κ2) is 8.09. The Labute approximate surface area is 168 Å². The van der Waals surface area contributed by atoms with E-state index in [1.165, 1.54) is 0 Å². The maximum atomic E-state index is 12.0. The Balaban J connectivity index is 1.95. The van der Waals surface area contributed by atoms with Gasteiger partial charge in [-0.2, -0.15) is 0 Å². The first-order valence-electron chi connectivity index (χ1n) is 8.86. The lowest BCUT2D eigenvalue weighted by Crippen LogP contribution is -2.27. The number of hydrogen-bond acceptors (Lipinski definition) is 8. The predicted molar refractivity (Wildman–Crippen MR) is 109 cm³/mol. The van der Waals surface area contributed by atoms with Crippen LogP contribution in [0.25, 0.3) is 22.8 Å². The summed E-state index contributed by atoms with van der Waals surface area (Å²) in [6.45, 7) is 5.36. The van der Waals surface area contributed by atoms with Gasteiger partial charge >= 0.3 is 6.09 Å². The summed E-state index contributed by atoms with van der Waals surface area (Å²) in [5, 5.41) is 2.62. The van der Waals surface area contributed by atoms with Gasteiger partial charge in [0.2, 0.25) is 5.95 Å². The summed E-state index contributed by atoms with van der Waals surface area (Å²) >= 11 is 0. The van der Waals surface area contributed by atoms with Crippen molar-refractivity contribution in [1.29, 1.82) is 0 Å². The van der Waals surface area contributed by atoms with Gasteiger partial charge < -0.3 is 15.2 Å². The van der Waals surface area contributed by atoms with Gasteiger partial charge in [0, 0.05) is 6.20 Å². The van der Waals surface area contributed by atoms with Crippen molar-refractivity contribution in [3.05, 3.63) is 42.6 Å². The average molecular weight is 394 g/mol. The summed E-state index contributed by atoms with van der Waals surface area (Å²) in [6.07, 6.45) is 0.972. The molecule has 0 fully saturated rings. The van der Waals surface area contributed by atoms with Crippen LogP contribution in [0, 0.1) is 0 Å². The minimum atomic E-state index is -0.611. The van der Waals surface area contributed by atoms with Crippen molar-refractivity contribution < 1.29 is 14.3 Å². The second-order valence-corrected chi connectivity index (χ2v) is 7.08. The van der Waals surface area contributed by atoms with E-state index in [1.807, 2.05) is 0 Å². The Morgan fingerprint density at radius 1 is 1.00 bits per heavy atom. The molecular formula is C20H22N6O3. The van der Waals surface area contributed by atoms with E-state index in [9.17, 15) is 4.79 Å². The van der Waals surface area contributed by atoms with Gasteiger partial charge in [0.25, 0.3) is 0 Å². The molecule has 150 valence electrons. The van der Waals surface area contributed by atoms with Crippen molar-refractivity contribution in [2.24, 2.45) is 0 Å². The first-order chi connectivity index (χ1) is 13.7. The third-order valence-electron chi connectivity index (χ3n) is 3.64. The molecule has 0 aromatic carbocycles. The van der Waals surface area contributed by atoms with E-state index >= 15 is 0 Å². The van der Waals surface area contributed by atoms with Crippen LogP contribution in [-0.4, -0.2) is 38.7 Å². The molecule has 3 heterocycles. The van der Waals surface area contributed by atoms with E-state index in [0.717, 1.165) is 0 Å². The third-order valence-corrected chi connectivity index (χ3v) is 3.64. The molecule has 0 saturated heterocycles. The summed E-state index contributed by atoms with van der Waals surface area (Å²) in [5.41, 5.74) is 7.23. The number of ether oxygens (including phenoxy) is 2. The molecule has 3 N–H and O–H groups in total. The lowest BCUT2D eigenvalue weighted by Gasteiger charge is -2.19. The molecule has 0 aliphatic rings. The Kier molecular flexibility index (Phi) is 5.58. The van der Waals surface area contributed by atoms with Crippen molar-refractivity contribution in [3.63, 3.8) is 0 Å². The number of methoxy groups -OCH3 is 1. The number of nitrogen functional groups attached to an aromatic ring is 1. The van der Waals surface area contributed by atoms with Gasteiger partial charge in [-0.1, -0.05) is 6.07 Å². The number of anilines is 2. The summed E-state index contributed by atoms with van der Waals surface area (Å²) in [5.74, 6) is 1.01. The second-order valence-electron chi connectivity index (χ2n) is 7.08. The number of aromatic nitrogens is 4. The maximum absolute atomic E-state index is 12.0. The molecule has 0 radical (unpaired) electrons. The standard InChI is InChI=1S/C20H22N6O3/c1-20(2,3)29-19(27)26-16-7-5-6-14(23-16)17-15(28-4)9-8-12(24-17)13-10-11-22-18(21)25-13/h5-11H,1-4H3,(H2,21,22,25)(H,23,26,27). The summed E-state index contributed by atoms with van der Waals surface area (Å²) in [6, 6.07) is 10.4. The fourth-order valence-electron chi connectivity index (χ4n) is 2.50. The first kappa shape index (κ1) is 20.0. The van der Waals surface area contributed by atoms with Crippen LogP contribution in [0.5, 0.6) is 5.75 Å². The molecule has 0 saturated carbocycles. The van der Waals surface area contributed by atoms with E-state index in [1.54, 1.807) is 70.5 Å². The van der Waals surface area contributed by atoms with E-state index in [4.69, 9.17) is 15.2 Å². The molecule has 0 spiro atoms. The minimum absolute atomic E-state index is 0.156. The zero-order valence-electron chi connectivity index (χ0n) is 16.6. The van der Waals surface area contributed by atoms with Gasteiger partial charge in [-0.3, -0.25) is 5.32 Å². The van der Waals surface area contributed by atoms with Crippen molar-refractivity contribution in [2.45, 2.75) is 26.4 Å². The van der Waals surface area contributed by atoms with Gasteiger partial charge in [-0.05, 0) is 51.1 Å². The Morgan fingerprint density at radius 2 is 1.76 bits per heavy atom. The Hall–Kier alpha value is -3.75. The average Bonchev–Trinajstić information content (AvgIpc) is 2.66. The lowest BCUT2D eigenvalue weighted by atomic mass is 10.2. The molecule has 0 atom stereocenters. The van der Waals surface area contributed by atoms with Crippen LogP contribution < -0.4 is 15.8 Å². The number of carbonyl (C=O) groups is 1. The van der Waals surface area contributed by atoms with Gasteiger partial charge in [0.1, 0.15) is 22.9 Å². The van der Waals surface area contributed by atoms with E-state index < -0.39 is 11.7 Å². The van der Waals surface area contributed by atoms with Crippen LogP contribution in [-0.2, 0) is 4.74 Å². The van der Waals surface area contributed by atoms with Crippen LogP contribution in [0.4, 0.5) is 16.6 Å². The van der Waals surface area contributed by atoms with Gasteiger partial charge in [0.15, 0.2) is 0 Å². The number of carbonyl (C=O) groups excluding carboxylic acids is 1. The maximum Gasteiger partial charge on any atom is 0.413 e. The fourth-order valence-corrected chi connectivity index (χ4v) is 2.50. The number of nitrogens with two attached hydrogens (primary N) is 1. The first-order valence-corrected chi connectivity index (χ1v) is 8.86. The number of nitrogens with zero attached hydrogens (tertiary/aromatic N) is 4. The van der Waals surface area contributed by atoms with Crippen molar-refractivity contribution in [1.82, 2.24) is 19.9 Å². The fraction of sp³-hybridized carbons (Fsp3) is 0.250. The van der Waals surface area contributed by atoms with Crippen LogP contribution in [0.2, 0.25) is 0 Å². The zero-order chi connectivity index (χ0) is 21.0. The van der Waals surface area contributed by atoms with E-state index in [-0.39, 0.29) is 5.95 Å². The minimum Gasteiger partial charge on any atom is -0.494 e. The summed E-state index contributed by atoms with van der Waals surface area (Å²) in [7, 11) is 1.55. The third kappa shape index (κ3) is 5.16. The monoisotopic (exact) mass is 394 g/mol. The number of pyridine rings is 2. The quantitative estimate of drug-likeness (QED) is 0.688. The molecule has 1 amide bonds. The largest absolute Gasteiger partial charge is 0.494 e. The van der Waals surface area contributed by atoms with Crippen molar-refractivity contribution in [3.8, 4) is 28.5 Å². The topological polar surface area (TPSA) is 125 Å². The molecule has 29 heavy (non-hydrogen) atoms. The summed E-state index contributed by atoms with van der Waals surface area (Å²) in [4.78, 5) is 29.2. The molecule has 0 aliphatic heterocycles. The highest BCUT2D eigenvalue weighted by Crippen LogP contribution is 2.30. The molecular weight excluding hydrogens is 372 g/mol. The van der Waals surface area contributed by atoms with Crippen LogP contribution >= 0.6 is 0 Å². The number of amides is 1. The highest BCUT2D eigenvalue weighted by atomic mass is 16.6. The smallest absolute Gasteiger partial charge is 0.413 e. The van der Waals surface area contributed by atoms with Gasteiger partial charge in [0.05, 0.1) is 24.2 Å². The number of nitrogens with one attached hydrogen (secondary N) is 1. The predicted octanol–water partition coefficient (Wildman–Crippen LogP) is 3.54. The van der Waals surface area contributed by atoms with Crippen LogP contribution in [0.1, 0.15) is 20.8 Å². The van der Waals surface area contributed by atoms with Crippen molar-refractivity contribution in [2.75, 3.05) is 18.2 Å². The Morgan fingerprint density at radius 3 is 2.45 bits per heavy atom. The van der Waals surface area contributed by atoms with Crippen LogP contribution in [0.3, 0.4) is 0 Å². The molecule has 0 unspecified atom stereocenters. The molecule has 0 aliphatic carbocycles. The zero-order valence-corrected chi connectivity index (χ0v) is 16.6. The molecule has 3 aromatic heterocycles. The van der Waals surface area contributed by atoms with Gasteiger partial charge in [-0.15, -0.1) is 0 Å². The molecule has 3 aromatic rings. The van der Waals surface area contributed by atoms with Crippen LogP contribution in [0.15, 0.2) is 42.6 Å². The Bertz CT molecular complexity index is 1030. The highest BCUT2D eigenvalue weighted by molar-refractivity contribution is 5.84. The van der Waals surface area contributed by atoms with Gasteiger partial charge in [-0.25, -0.2) is 24.7 Å². The molecule has 3 rings (SSSR count). The number of rotatable bonds is 4. The SMILES string of the molecule is COc1ccc(-c2ccnc(N)n2)nc1-c1cccc(NC(=O)OC(C)(C)C)n1. The van der Waals surface area contributed by atoms with E-state index in [2.05, 4.69) is 25.3 Å². The molecule has 0 bridgehead atoms. The highest BCUT2D eigenvalue weighted by Gasteiger charge is 2.18. The van der Waals surface area contributed by atoms with Crippen molar-refractivity contribution >= 4 is 17.9 Å². The number of hydrogen-bond donors (Lipinski definition) is 2. The normalized spacial score (nSPS) is 11.0. The molecule has 9 nitrogen and oxygen atoms in total. The lowest BCUT2D eigenvalue weighted by molar-refractivity contribution is 0.0635. The summed E-state index contributed by atoms with van der Waals surface area (Å²) < 4.78 is 10.7.